The fraction of sp³-hybridized carbons (Fsp3) is 0. The number of anilines is 1. The zero-order chi connectivity index (χ0) is 15.5. The summed E-state index contributed by atoms with van der Waals surface area (Å²) in [7, 11) is 0. The predicted molar refractivity (Wildman–Crippen MR) is 86.2 cm³/mol. The number of aromatic amines is 1. The summed E-state index contributed by atoms with van der Waals surface area (Å²) in [5, 5.41) is 10.4. The monoisotopic (exact) mass is 332 g/mol. The van der Waals surface area contributed by atoms with Crippen LogP contribution in [0.4, 0.5) is 5.69 Å². The molecule has 0 aliphatic heterocycles. The highest BCUT2D eigenvalue weighted by Gasteiger charge is 2.13. The number of H-pyrrole nitrogens is 1. The molecule has 0 fully saturated rings. The van der Waals surface area contributed by atoms with Gasteiger partial charge in [0.05, 0.1) is 16.4 Å². The largest absolute Gasteiger partial charge is 0.319 e. The van der Waals surface area contributed by atoms with E-state index in [1.807, 2.05) is 6.07 Å². The van der Waals surface area contributed by atoms with E-state index in [4.69, 9.17) is 23.2 Å². The van der Waals surface area contributed by atoms with E-state index in [2.05, 4.69) is 20.5 Å². The summed E-state index contributed by atoms with van der Waals surface area (Å²) >= 11 is 11.9. The number of rotatable bonds is 3. The van der Waals surface area contributed by atoms with E-state index in [0.29, 0.717) is 27.1 Å². The molecule has 0 spiro atoms. The van der Waals surface area contributed by atoms with Gasteiger partial charge in [0.15, 0.2) is 0 Å². The summed E-state index contributed by atoms with van der Waals surface area (Å²) in [6, 6.07) is 10.2. The molecule has 0 radical (unpaired) electrons. The molecule has 0 aliphatic rings. The van der Waals surface area contributed by atoms with Gasteiger partial charge < -0.3 is 5.32 Å². The van der Waals surface area contributed by atoms with Crippen molar-refractivity contribution in [2.24, 2.45) is 0 Å². The minimum absolute atomic E-state index is 0.324. The van der Waals surface area contributed by atoms with Crippen LogP contribution >= 0.6 is 23.2 Å². The Bertz CT molecular complexity index is 817. The third-order valence-corrected chi connectivity index (χ3v) is 3.51. The molecule has 3 rings (SSSR count). The number of aromatic nitrogens is 3. The molecule has 0 unspecified atom stereocenters. The summed E-state index contributed by atoms with van der Waals surface area (Å²) in [5.74, 6) is -0.341. The number of hydrogen-bond acceptors (Lipinski definition) is 3. The highest BCUT2D eigenvalue weighted by atomic mass is 35.5. The van der Waals surface area contributed by atoms with Crippen LogP contribution in [-0.4, -0.2) is 21.1 Å². The van der Waals surface area contributed by atoms with Gasteiger partial charge in [-0.05, 0) is 36.4 Å². The number of benzene rings is 1. The molecule has 1 amide bonds. The molecule has 0 saturated heterocycles. The van der Waals surface area contributed by atoms with Crippen molar-refractivity contribution >= 4 is 34.8 Å². The minimum atomic E-state index is -0.341. The molecule has 110 valence electrons. The highest BCUT2D eigenvalue weighted by Crippen LogP contribution is 2.26. The third-order valence-electron chi connectivity index (χ3n) is 2.96. The van der Waals surface area contributed by atoms with Gasteiger partial charge in [-0.3, -0.25) is 14.9 Å². The van der Waals surface area contributed by atoms with Gasteiger partial charge in [-0.1, -0.05) is 23.2 Å². The van der Waals surface area contributed by atoms with Crippen LogP contribution in [0.15, 0.2) is 48.8 Å². The fourth-order valence-corrected chi connectivity index (χ4v) is 2.34. The van der Waals surface area contributed by atoms with Crippen molar-refractivity contribution in [2.45, 2.75) is 0 Å². The van der Waals surface area contributed by atoms with Crippen molar-refractivity contribution in [1.29, 1.82) is 0 Å². The van der Waals surface area contributed by atoms with Gasteiger partial charge in [0.25, 0.3) is 5.91 Å². The molecule has 0 atom stereocenters. The second kappa shape index (κ2) is 6.17. The van der Waals surface area contributed by atoms with Crippen LogP contribution in [0.5, 0.6) is 0 Å². The van der Waals surface area contributed by atoms with Crippen molar-refractivity contribution in [3.8, 4) is 11.3 Å². The quantitative estimate of drug-likeness (QED) is 0.760. The summed E-state index contributed by atoms with van der Waals surface area (Å²) in [6.45, 7) is 0. The number of amides is 1. The standard InChI is InChI=1S/C15H10Cl2N4O/c16-10-3-4-12(11(17)6-10)19-15(22)14-7-13(20-21-14)9-2-1-5-18-8-9/h1-8H,(H,19,22)(H,20,21). The van der Waals surface area contributed by atoms with Gasteiger partial charge in [0.2, 0.25) is 0 Å². The molecule has 22 heavy (non-hydrogen) atoms. The molecule has 0 bridgehead atoms. The third kappa shape index (κ3) is 3.10. The fourth-order valence-electron chi connectivity index (χ4n) is 1.88. The molecule has 1 aromatic carbocycles. The number of hydrogen-bond donors (Lipinski definition) is 2. The maximum atomic E-state index is 12.2. The van der Waals surface area contributed by atoms with Crippen LogP contribution in [0, 0.1) is 0 Å². The Morgan fingerprint density at radius 3 is 2.77 bits per heavy atom. The summed E-state index contributed by atoms with van der Waals surface area (Å²) in [6.07, 6.45) is 3.35. The Hall–Kier alpha value is -2.37. The van der Waals surface area contributed by atoms with Crippen molar-refractivity contribution in [1.82, 2.24) is 15.2 Å². The van der Waals surface area contributed by atoms with E-state index in [9.17, 15) is 4.79 Å². The second-order valence-corrected chi connectivity index (χ2v) is 5.33. The molecular weight excluding hydrogens is 323 g/mol. The summed E-state index contributed by atoms with van der Waals surface area (Å²) in [4.78, 5) is 16.2. The maximum absolute atomic E-state index is 12.2. The Balaban J connectivity index is 1.80. The zero-order valence-electron chi connectivity index (χ0n) is 11.2. The first-order valence-corrected chi connectivity index (χ1v) is 7.11. The topological polar surface area (TPSA) is 70.7 Å². The van der Waals surface area contributed by atoms with Gasteiger partial charge >= 0.3 is 0 Å². The van der Waals surface area contributed by atoms with E-state index in [1.54, 1.807) is 42.7 Å². The molecular formula is C15H10Cl2N4O. The number of halogens is 2. The second-order valence-electron chi connectivity index (χ2n) is 4.49. The van der Waals surface area contributed by atoms with Crippen LogP contribution in [0.3, 0.4) is 0 Å². The maximum Gasteiger partial charge on any atom is 0.273 e. The molecule has 0 saturated carbocycles. The van der Waals surface area contributed by atoms with E-state index < -0.39 is 0 Å². The van der Waals surface area contributed by atoms with Crippen molar-refractivity contribution in [3.05, 3.63) is 64.5 Å². The number of nitrogens with one attached hydrogen (secondary N) is 2. The normalized spacial score (nSPS) is 10.5. The zero-order valence-corrected chi connectivity index (χ0v) is 12.7. The molecule has 3 aromatic rings. The first-order chi connectivity index (χ1) is 10.6. The van der Waals surface area contributed by atoms with E-state index in [1.165, 1.54) is 0 Å². The van der Waals surface area contributed by atoms with E-state index in [0.717, 1.165) is 5.56 Å². The lowest BCUT2D eigenvalue weighted by Crippen LogP contribution is -2.12. The molecule has 2 aromatic heterocycles. The van der Waals surface area contributed by atoms with Crippen LogP contribution in [0.25, 0.3) is 11.3 Å². The van der Waals surface area contributed by atoms with Crippen LogP contribution in [0.1, 0.15) is 10.5 Å². The number of carbonyl (C=O) groups is 1. The van der Waals surface area contributed by atoms with Crippen molar-refractivity contribution in [2.75, 3.05) is 5.32 Å². The summed E-state index contributed by atoms with van der Waals surface area (Å²) < 4.78 is 0. The lowest BCUT2D eigenvalue weighted by atomic mass is 10.2. The summed E-state index contributed by atoms with van der Waals surface area (Å²) in [5.41, 5.74) is 2.27. The average molecular weight is 333 g/mol. The van der Waals surface area contributed by atoms with Crippen molar-refractivity contribution in [3.63, 3.8) is 0 Å². The average Bonchev–Trinajstić information content (AvgIpc) is 3.01. The Kier molecular flexibility index (Phi) is 4.09. The van der Waals surface area contributed by atoms with Crippen LogP contribution in [-0.2, 0) is 0 Å². The molecule has 7 heteroatoms. The predicted octanol–water partition coefficient (Wildman–Crippen LogP) is 4.03. The van der Waals surface area contributed by atoms with Gasteiger partial charge in [-0.2, -0.15) is 5.10 Å². The van der Waals surface area contributed by atoms with Crippen molar-refractivity contribution < 1.29 is 4.79 Å². The highest BCUT2D eigenvalue weighted by molar-refractivity contribution is 6.36. The van der Waals surface area contributed by atoms with Gasteiger partial charge in [-0.25, -0.2) is 0 Å². The first kappa shape index (κ1) is 14.6. The molecule has 5 nitrogen and oxygen atoms in total. The Morgan fingerprint density at radius 2 is 2.05 bits per heavy atom. The Morgan fingerprint density at radius 1 is 1.18 bits per heavy atom. The number of nitrogens with zero attached hydrogens (tertiary/aromatic N) is 2. The smallest absolute Gasteiger partial charge is 0.273 e. The lowest BCUT2D eigenvalue weighted by molar-refractivity contribution is 0.102. The SMILES string of the molecule is O=C(Nc1ccc(Cl)cc1Cl)c1cc(-c2cccnc2)n[nH]1. The number of pyridine rings is 1. The minimum Gasteiger partial charge on any atom is -0.319 e. The molecule has 0 aliphatic carbocycles. The van der Waals surface area contributed by atoms with E-state index in [-0.39, 0.29) is 5.91 Å². The van der Waals surface area contributed by atoms with E-state index >= 15 is 0 Å². The number of carbonyl (C=O) groups excluding carboxylic acids is 1. The van der Waals surface area contributed by atoms with Gasteiger partial charge in [0.1, 0.15) is 5.69 Å². The Labute approximate surface area is 136 Å². The lowest BCUT2D eigenvalue weighted by Gasteiger charge is -2.05. The van der Waals surface area contributed by atoms with Gasteiger partial charge in [-0.15, -0.1) is 0 Å². The van der Waals surface area contributed by atoms with Crippen LogP contribution < -0.4 is 5.32 Å². The molecule has 2 N–H and O–H groups in total. The van der Waals surface area contributed by atoms with Crippen LogP contribution in [0.2, 0.25) is 10.0 Å². The van der Waals surface area contributed by atoms with Gasteiger partial charge in [0, 0.05) is 23.0 Å². The first-order valence-electron chi connectivity index (χ1n) is 6.36. The molecule has 2 heterocycles.